The third-order valence-corrected chi connectivity index (χ3v) is 3.81. The molecular weight excluding hydrogens is 220 g/mol. The number of carbonyl (C=O) groups excluding carboxylic acids is 1. The van der Waals surface area contributed by atoms with E-state index in [1.807, 2.05) is 24.6 Å². The second kappa shape index (κ2) is 5.57. The summed E-state index contributed by atoms with van der Waals surface area (Å²) in [5.74, 6) is 0.232. The summed E-state index contributed by atoms with van der Waals surface area (Å²) in [5.41, 5.74) is 0. The van der Waals surface area contributed by atoms with Gasteiger partial charge in [-0.05, 0) is 37.9 Å². The smallest absolute Gasteiger partial charge is 0.186 e. The first-order chi connectivity index (χ1) is 7.75. The summed E-state index contributed by atoms with van der Waals surface area (Å²) in [7, 11) is 2.02. The van der Waals surface area contributed by atoms with E-state index in [0.717, 1.165) is 18.0 Å². The van der Waals surface area contributed by atoms with E-state index >= 15 is 0 Å². The molecule has 3 nitrogen and oxygen atoms in total. The second-order valence-electron chi connectivity index (χ2n) is 4.39. The Labute approximate surface area is 100 Å². The number of rotatable bonds is 5. The third kappa shape index (κ3) is 3.14. The lowest BCUT2D eigenvalue weighted by atomic mass is 10.2. The van der Waals surface area contributed by atoms with Crippen molar-refractivity contribution < 1.29 is 4.79 Å². The van der Waals surface area contributed by atoms with Crippen molar-refractivity contribution in [2.24, 2.45) is 0 Å². The number of hydrogen-bond acceptors (Lipinski definition) is 4. The van der Waals surface area contributed by atoms with Crippen molar-refractivity contribution in [1.82, 2.24) is 10.2 Å². The molecule has 16 heavy (non-hydrogen) atoms. The maximum Gasteiger partial charge on any atom is 0.186 e. The standard InChI is InChI=1S/C12H18N2OS/c1-14(8-10-4-2-6-13-10)9-11(15)12-5-3-7-16-12/h3,5,7,10,13H,2,4,6,8-9H2,1H3/t10-/m0/s1. The van der Waals surface area contributed by atoms with E-state index in [1.54, 1.807) is 0 Å². The summed E-state index contributed by atoms with van der Waals surface area (Å²) in [5, 5.41) is 5.40. The first kappa shape index (κ1) is 11.8. The second-order valence-corrected chi connectivity index (χ2v) is 5.34. The Morgan fingerprint density at radius 3 is 3.19 bits per heavy atom. The zero-order valence-electron chi connectivity index (χ0n) is 9.61. The van der Waals surface area contributed by atoms with Gasteiger partial charge in [-0.2, -0.15) is 0 Å². The summed E-state index contributed by atoms with van der Waals surface area (Å²) < 4.78 is 0. The van der Waals surface area contributed by atoms with Gasteiger partial charge in [0, 0.05) is 12.6 Å². The van der Waals surface area contributed by atoms with Crippen LogP contribution in [0.1, 0.15) is 22.5 Å². The van der Waals surface area contributed by atoms with Crippen LogP contribution < -0.4 is 5.32 Å². The van der Waals surface area contributed by atoms with E-state index in [-0.39, 0.29) is 5.78 Å². The molecule has 1 aliphatic rings. The highest BCUT2D eigenvalue weighted by Gasteiger charge is 2.17. The Hall–Kier alpha value is -0.710. The first-order valence-corrected chi connectivity index (χ1v) is 6.62. The Kier molecular flexibility index (Phi) is 4.09. The quantitative estimate of drug-likeness (QED) is 0.791. The molecule has 0 aliphatic carbocycles. The SMILES string of the molecule is CN(CC(=O)c1cccs1)C[C@@H]1CCCN1. The normalized spacial score (nSPS) is 20.5. The zero-order chi connectivity index (χ0) is 11.4. The van der Waals surface area contributed by atoms with E-state index in [9.17, 15) is 4.79 Å². The topological polar surface area (TPSA) is 32.3 Å². The van der Waals surface area contributed by atoms with Gasteiger partial charge in [0.2, 0.25) is 0 Å². The molecular formula is C12H18N2OS. The van der Waals surface area contributed by atoms with Gasteiger partial charge in [-0.15, -0.1) is 11.3 Å². The van der Waals surface area contributed by atoms with Crippen LogP contribution in [0.5, 0.6) is 0 Å². The predicted octanol–water partition coefficient (Wildman–Crippen LogP) is 1.61. The molecule has 0 bridgehead atoms. The van der Waals surface area contributed by atoms with Crippen molar-refractivity contribution in [2.75, 3.05) is 26.7 Å². The Morgan fingerprint density at radius 2 is 2.56 bits per heavy atom. The minimum Gasteiger partial charge on any atom is -0.313 e. The van der Waals surface area contributed by atoms with Crippen LogP contribution in [0, 0.1) is 0 Å². The van der Waals surface area contributed by atoms with Crippen molar-refractivity contribution in [1.29, 1.82) is 0 Å². The van der Waals surface area contributed by atoms with Gasteiger partial charge in [0.15, 0.2) is 5.78 Å². The minimum atomic E-state index is 0.232. The maximum atomic E-state index is 11.8. The molecule has 1 fully saturated rings. The summed E-state index contributed by atoms with van der Waals surface area (Å²) in [6.45, 7) is 2.62. The largest absolute Gasteiger partial charge is 0.313 e. The molecule has 0 unspecified atom stereocenters. The van der Waals surface area contributed by atoms with Crippen molar-refractivity contribution in [2.45, 2.75) is 18.9 Å². The number of hydrogen-bond donors (Lipinski definition) is 1. The molecule has 1 aromatic heterocycles. The average molecular weight is 238 g/mol. The van der Waals surface area contributed by atoms with Crippen molar-refractivity contribution in [3.63, 3.8) is 0 Å². The van der Waals surface area contributed by atoms with Gasteiger partial charge in [0.1, 0.15) is 0 Å². The van der Waals surface area contributed by atoms with Crippen LogP contribution in [0.2, 0.25) is 0 Å². The van der Waals surface area contributed by atoms with E-state index < -0.39 is 0 Å². The Balaban J connectivity index is 1.78. The number of nitrogens with one attached hydrogen (secondary N) is 1. The van der Waals surface area contributed by atoms with Crippen LogP contribution in [-0.4, -0.2) is 43.4 Å². The molecule has 88 valence electrons. The molecule has 0 radical (unpaired) electrons. The average Bonchev–Trinajstić information content (AvgIpc) is 2.88. The summed E-state index contributed by atoms with van der Waals surface area (Å²) >= 11 is 1.52. The van der Waals surface area contributed by atoms with Crippen LogP contribution in [0.4, 0.5) is 0 Å². The number of thiophene rings is 1. The molecule has 2 heterocycles. The van der Waals surface area contributed by atoms with E-state index in [1.165, 1.54) is 24.2 Å². The fraction of sp³-hybridized carbons (Fsp3) is 0.583. The van der Waals surface area contributed by atoms with Gasteiger partial charge in [-0.3, -0.25) is 9.69 Å². The summed E-state index contributed by atoms with van der Waals surface area (Å²) in [4.78, 5) is 14.8. The molecule has 1 saturated heterocycles. The maximum absolute atomic E-state index is 11.8. The monoisotopic (exact) mass is 238 g/mol. The minimum absolute atomic E-state index is 0.232. The fourth-order valence-corrected chi connectivity index (χ4v) is 2.77. The fourth-order valence-electron chi connectivity index (χ4n) is 2.11. The molecule has 1 aromatic rings. The van der Waals surface area contributed by atoms with Gasteiger partial charge >= 0.3 is 0 Å². The lowest BCUT2D eigenvalue weighted by Gasteiger charge is -2.19. The summed E-state index contributed by atoms with van der Waals surface area (Å²) in [6, 6.07) is 4.39. The number of likely N-dealkylation sites (N-methyl/N-ethyl adjacent to an activating group) is 1. The highest BCUT2D eigenvalue weighted by Crippen LogP contribution is 2.11. The number of Topliss-reactive ketones (excluding diaryl/α,β-unsaturated/α-hetero) is 1. The molecule has 0 amide bonds. The molecule has 1 aliphatic heterocycles. The van der Waals surface area contributed by atoms with E-state index in [4.69, 9.17) is 0 Å². The van der Waals surface area contributed by atoms with Crippen molar-refractivity contribution in [3.8, 4) is 0 Å². The Bertz CT molecular complexity index is 331. The molecule has 4 heteroatoms. The van der Waals surface area contributed by atoms with Gasteiger partial charge in [-0.25, -0.2) is 0 Å². The number of nitrogens with zero attached hydrogens (tertiary/aromatic N) is 1. The van der Waals surface area contributed by atoms with Crippen LogP contribution >= 0.6 is 11.3 Å². The molecule has 0 aromatic carbocycles. The molecule has 2 rings (SSSR count). The zero-order valence-corrected chi connectivity index (χ0v) is 10.4. The van der Waals surface area contributed by atoms with E-state index in [2.05, 4.69) is 10.2 Å². The van der Waals surface area contributed by atoms with E-state index in [0.29, 0.717) is 12.6 Å². The van der Waals surface area contributed by atoms with Crippen LogP contribution in [0.15, 0.2) is 17.5 Å². The van der Waals surface area contributed by atoms with Crippen LogP contribution in [0.25, 0.3) is 0 Å². The van der Waals surface area contributed by atoms with Gasteiger partial charge in [-0.1, -0.05) is 6.07 Å². The van der Waals surface area contributed by atoms with Gasteiger partial charge < -0.3 is 5.32 Å². The molecule has 1 N–H and O–H groups in total. The highest BCUT2D eigenvalue weighted by molar-refractivity contribution is 7.12. The molecule has 0 saturated carbocycles. The van der Waals surface area contributed by atoms with Gasteiger partial charge in [0.05, 0.1) is 11.4 Å². The Morgan fingerprint density at radius 1 is 1.69 bits per heavy atom. The van der Waals surface area contributed by atoms with Crippen LogP contribution in [0.3, 0.4) is 0 Å². The summed E-state index contributed by atoms with van der Waals surface area (Å²) in [6.07, 6.45) is 2.49. The highest BCUT2D eigenvalue weighted by atomic mass is 32.1. The number of ketones is 1. The lowest BCUT2D eigenvalue weighted by Crippen LogP contribution is -2.37. The number of carbonyl (C=O) groups is 1. The first-order valence-electron chi connectivity index (χ1n) is 5.74. The molecule has 1 atom stereocenters. The van der Waals surface area contributed by atoms with Crippen molar-refractivity contribution in [3.05, 3.63) is 22.4 Å². The van der Waals surface area contributed by atoms with Crippen LogP contribution in [-0.2, 0) is 0 Å². The third-order valence-electron chi connectivity index (χ3n) is 2.90. The van der Waals surface area contributed by atoms with Gasteiger partial charge in [0.25, 0.3) is 0 Å². The molecule has 0 spiro atoms. The predicted molar refractivity (Wildman–Crippen MR) is 67.2 cm³/mol. The van der Waals surface area contributed by atoms with Crippen molar-refractivity contribution >= 4 is 17.1 Å². The lowest BCUT2D eigenvalue weighted by molar-refractivity contribution is 0.0946.